The molecule has 1 aromatic rings. The minimum Gasteiger partial charge on any atom is -0.508 e. The van der Waals surface area contributed by atoms with Crippen LogP contribution in [0.2, 0.25) is 0 Å². The first-order chi connectivity index (χ1) is 14.0. The van der Waals surface area contributed by atoms with Crippen LogP contribution < -0.4 is 15.4 Å². The minimum atomic E-state index is 0. The average Bonchev–Trinajstić information content (AvgIpc) is 2.74. The van der Waals surface area contributed by atoms with Crippen molar-refractivity contribution in [3.8, 4) is 11.5 Å². The van der Waals surface area contributed by atoms with E-state index in [1.165, 1.54) is 0 Å². The fourth-order valence-corrected chi connectivity index (χ4v) is 3.63. The molecule has 1 saturated heterocycles. The number of piperidine rings is 1. The molecule has 0 aliphatic carbocycles. The van der Waals surface area contributed by atoms with Crippen LogP contribution in [-0.4, -0.2) is 54.7 Å². The third kappa shape index (κ3) is 7.52. The Morgan fingerprint density at radius 3 is 2.50 bits per heavy atom. The number of amides is 1. The van der Waals surface area contributed by atoms with Crippen molar-refractivity contribution < 1.29 is 14.6 Å². The van der Waals surface area contributed by atoms with Gasteiger partial charge in [0.2, 0.25) is 5.91 Å². The number of rotatable bonds is 8. The highest BCUT2D eigenvalue weighted by molar-refractivity contribution is 14.0. The first-order valence-corrected chi connectivity index (χ1v) is 10.7. The van der Waals surface area contributed by atoms with Gasteiger partial charge < -0.3 is 25.4 Å². The number of aliphatic imine (C=N–C) groups is 1. The number of hydrogen-bond donors (Lipinski definition) is 3. The molecule has 0 aromatic heterocycles. The van der Waals surface area contributed by atoms with Gasteiger partial charge in [-0.1, -0.05) is 13.8 Å². The zero-order chi connectivity index (χ0) is 21.2. The number of halogens is 1. The lowest BCUT2D eigenvalue weighted by atomic mass is 9.98. The standard InChI is InChI=1S/C22H36N4O3.HI/c1-5-16(6-2)21(28)26-12-10-18(11-13-26)25-22(23-7-3)24-15-17-14-19(29-4)8-9-20(17)27;/h8-9,14,16,18,27H,5-7,10-13,15H2,1-4H3,(H2,23,24,25);1H. The number of carbonyl (C=O) groups is 1. The molecule has 30 heavy (non-hydrogen) atoms. The predicted molar refractivity (Wildman–Crippen MR) is 132 cm³/mol. The Bertz CT molecular complexity index is 687. The molecule has 1 aromatic carbocycles. The molecule has 0 radical (unpaired) electrons. The van der Waals surface area contributed by atoms with Crippen molar-refractivity contribution >= 4 is 35.8 Å². The number of hydrogen-bond acceptors (Lipinski definition) is 4. The van der Waals surface area contributed by atoms with E-state index in [-0.39, 0.29) is 41.7 Å². The molecule has 8 heteroatoms. The number of phenols is 1. The molecule has 0 saturated carbocycles. The van der Waals surface area contributed by atoms with Crippen LogP contribution in [0.3, 0.4) is 0 Å². The molecule has 1 fully saturated rings. The maximum atomic E-state index is 12.6. The number of aromatic hydroxyl groups is 1. The first-order valence-electron chi connectivity index (χ1n) is 10.7. The number of methoxy groups -OCH3 is 1. The van der Waals surface area contributed by atoms with E-state index in [9.17, 15) is 9.90 Å². The summed E-state index contributed by atoms with van der Waals surface area (Å²) in [5.74, 6) is 2.06. The van der Waals surface area contributed by atoms with Gasteiger partial charge in [0.1, 0.15) is 11.5 Å². The van der Waals surface area contributed by atoms with Crippen LogP contribution in [0.4, 0.5) is 0 Å². The minimum absolute atomic E-state index is 0. The Labute approximate surface area is 197 Å². The lowest BCUT2D eigenvalue weighted by Crippen LogP contribution is -2.50. The number of likely N-dealkylation sites (tertiary alicyclic amines) is 1. The zero-order valence-electron chi connectivity index (χ0n) is 18.6. The number of nitrogens with zero attached hydrogens (tertiary/aromatic N) is 2. The van der Waals surface area contributed by atoms with Crippen molar-refractivity contribution in [1.29, 1.82) is 0 Å². The Balaban J connectivity index is 0.00000450. The Morgan fingerprint density at radius 1 is 1.27 bits per heavy atom. The number of benzene rings is 1. The highest BCUT2D eigenvalue weighted by Crippen LogP contribution is 2.23. The van der Waals surface area contributed by atoms with Crippen LogP contribution >= 0.6 is 24.0 Å². The molecular formula is C22H37IN4O3. The topological polar surface area (TPSA) is 86.2 Å². The van der Waals surface area contributed by atoms with Gasteiger partial charge in [0.15, 0.2) is 5.96 Å². The summed E-state index contributed by atoms with van der Waals surface area (Å²) in [5.41, 5.74) is 0.715. The van der Waals surface area contributed by atoms with Gasteiger partial charge in [0, 0.05) is 37.2 Å². The molecule has 1 aliphatic rings. The number of phenolic OH excluding ortho intramolecular Hbond substituents is 1. The number of ether oxygens (including phenoxy) is 1. The molecule has 0 spiro atoms. The van der Waals surface area contributed by atoms with Gasteiger partial charge in [-0.05, 0) is 50.8 Å². The summed E-state index contributed by atoms with van der Waals surface area (Å²) in [7, 11) is 1.60. The lowest BCUT2D eigenvalue weighted by molar-refractivity contribution is -0.136. The van der Waals surface area contributed by atoms with E-state index in [0.29, 0.717) is 23.8 Å². The molecule has 1 amide bonds. The molecular weight excluding hydrogens is 495 g/mol. The third-order valence-corrected chi connectivity index (χ3v) is 5.52. The maximum Gasteiger partial charge on any atom is 0.225 e. The summed E-state index contributed by atoms with van der Waals surface area (Å²) in [5, 5.41) is 16.8. The monoisotopic (exact) mass is 532 g/mol. The fraction of sp³-hybridized carbons (Fsp3) is 0.636. The number of guanidine groups is 1. The molecule has 7 nitrogen and oxygen atoms in total. The maximum absolute atomic E-state index is 12.6. The van der Waals surface area contributed by atoms with E-state index in [0.717, 1.165) is 51.3 Å². The summed E-state index contributed by atoms with van der Waals surface area (Å²) in [4.78, 5) is 19.2. The quantitative estimate of drug-likeness (QED) is 0.271. The van der Waals surface area contributed by atoms with Crippen LogP contribution in [0.1, 0.15) is 52.0 Å². The second-order valence-electron chi connectivity index (χ2n) is 7.45. The molecule has 1 aliphatic heterocycles. The smallest absolute Gasteiger partial charge is 0.225 e. The second kappa shape index (κ2) is 13.6. The van der Waals surface area contributed by atoms with Gasteiger partial charge in [0.05, 0.1) is 13.7 Å². The SMILES string of the molecule is CCNC(=NCc1cc(OC)ccc1O)NC1CCN(C(=O)C(CC)CC)CC1.I. The van der Waals surface area contributed by atoms with Crippen molar-refractivity contribution in [2.45, 2.75) is 59.0 Å². The first kappa shape index (κ1) is 26.3. The van der Waals surface area contributed by atoms with Crippen molar-refractivity contribution in [3.63, 3.8) is 0 Å². The van der Waals surface area contributed by atoms with Crippen molar-refractivity contribution in [2.75, 3.05) is 26.7 Å². The summed E-state index contributed by atoms with van der Waals surface area (Å²) < 4.78 is 5.22. The van der Waals surface area contributed by atoms with Gasteiger partial charge in [0.25, 0.3) is 0 Å². The second-order valence-corrected chi connectivity index (χ2v) is 7.45. The van der Waals surface area contributed by atoms with E-state index in [4.69, 9.17) is 4.74 Å². The molecule has 0 bridgehead atoms. The molecule has 0 atom stereocenters. The zero-order valence-corrected chi connectivity index (χ0v) is 20.9. The number of nitrogens with one attached hydrogen (secondary N) is 2. The van der Waals surface area contributed by atoms with E-state index < -0.39 is 0 Å². The van der Waals surface area contributed by atoms with Gasteiger partial charge in [-0.3, -0.25) is 4.79 Å². The lowest BCUT2D eigenvalue weighted by Gasteiger charge is -2.34. The summed E-state index contributed by atoms with van der Waals surface area (Å²) >= 11 is 0. The Kier molecular flexibility index (Phi) is 11.9. The van der Waals surface area contributed by atoms with E-state index in [1.54, 1.807) is 25.3 Å². The van der Waals surface area contributed by atoms with E-state index >= 15 is 0 Å². The van der Waals surface area contributed by atoms with E-state index in [1.807, 2.05) is 11.8 Å². The van der Waals surface area contributed by atoms with E-state index in [2.05, 4.69) is 29.5 Å². The number of carbonyl (C=O) groups excluding carboxylic acids is 1. The largest absolute Gasteiger partial charge is 0.508 e. The summed E-state index contributed by atoms with van der Waals surface area (Å²) in [6, 6.07) is 5.42. The van der Waals surface area contributed by atoms with Crippen LogP contribution in [0, 0.1) is 5.92 Å². The van der Waals surface area contributed by atoms with Gasteiger partial charge in [-0.25, -0.2) is 4.99 Å². The van der Waals surface area contributed by atoms with Crippen molar-refractivity contribution in [1.82, 2.24) is 15.5 Å². The van der Waals surface area contributed by atoms with Gasteiger partial charge >= 0.3 is 0 Å². The van der Waals surface area contributed by atoms with Gasteiger partial charge in [-0.2, -0.15) is 0 Å². The van der Waals surface area contributed by atoms with Crippen molar-refractivity contribution in [3.05, 3.63) is 23.8 Å². The van der Waals surface area contributed by atoms with Crippen LogP contribution in [0.5, 0.6) is 11.5 Å². The summed E-state index contributed by atoms with van der Waals surface area (Å²) in [6.45, 7) is 8.86. The highest BCUT2D eigenvalue weighted by Gasteiger charge is 2.26. The molecule has 1 heterocycles. The average molecular weight is 532 g/mol. The van der Waals surface area contributed by atoms with Crippen LogP contribution in [0.25, 0.3) is 0 Å². The van der Waals surface area contributed by atoms with Crippen molar-refractivity contribution in [2.24, 2.45) is 10.9 Å². The normalized spacial score (nSPS) is 15.0. The molecule has 170 valence electrons. The van der Waals surface area contributed by atoms with Gasteiger partial charge in [-0.15, -0.1) is 24.0 Å². The molecule has 3 N–H and O–H groups in total. The Hall–Kier alpha value is -1.71. The highest BCUT2D eigenvalue weighted by atomic mass is 127. The van der Waals surface area contributed by atoms with Crippen LogP contribution in [-0.2, 0) is 11.3 Å². The van der Waals surface area contributed by atoms with Crippen LogP contribution in [0.15, 0.2) is 23.2 Å². The Morgan fingerprint density at radius 2 is 1.93 bits per heavy atom. The third-order valence-electron chi connectivity index (χ3n) is 5.52. The fourth-order valence-electron chi connectivity index (χ4n) is 3.63. The summed E-state index contributed by atoms with van der Waals surface area (Å²) in [6.07, 6.45) is 3.62. The predicted octanol–water partition coefficient (Wildman–Crippen LogP) is 3.50. The molecule has 2 rings (SSSR count). The molecule has 0 unspecified atom stereocenters.